The van der Waals surface area contributed by atoms with Crippen molar-refractivity contribution in [2.45, 2.75) is 45.8 Å². The van der Waals surface area contributed by atoms with Crippen LogP contribution in [0.25, 0.3) is 0 Å². The van der Waals surface area contributed by atoms with Gasteiger partial charge in [0.1, 0.15) is 0 Å². The van der Waals surface area contributed by atoms with Crippen LogP contribution >= 0.6 is 0 Å². The van der Waals surface area contributed by atoms with Gasteiger partial charge in [-0.2, -0.15) is 0 Å². The molecule has 0 rings (SSSR count). The van der Waals surface area contributed by atoms with Crippen molar-refractivity contribution in [3.05, 3.63) is 0 Å². The van der Waals surface area contributed by atoms with Crippen molar-refractivity contribution in [1.29, 1.82) is 0 Å². The fourth-order valence-corrected chi connectivity index (χ4v) is 0.768. The van der Waals surface area contributed by atoms with Crippen LogP contribution in [0.15, 0.2) is 0 Å². The topological polar surface area (TPSA) is 46.5 Å². The molecule has 0 aromatic heterocycles. The van der Waals surface area contributed by atoms with Crippen molar-refractivity contribution in [2.75, 3.05) is 0 Å². The maximum Gasteiger partial charge on any atom is 0.308 e. The molecular formula is C8H16O3. The number of aliphatic hydroxyl groups excluding tert-OH is 1. The SMILES string of the molecule is CCCCCC(=O)OC(C)O. The number of esters is 1. The minimum absolute atomic E-state index is 0.312. The highest BCUT2D eigenvalue weighted by Gasteiger charge is 2.04. The highest BCUT2D eigenvalue weighted by atomic mass is 16.6. The lowest BCUT2D eigenvalue weighted by Crippen LogP contribution is -2.13. The predicted molar refractivity (Wildman–Crippen MR) is 41.9 cm³/mol. The van der Waals surface area contributed by atoms with E-state index in [1.54, 1.807) is 0 Å². The van der Waals surface area contributed by atoms with Crippen molar-refractivity contribution in [2.24, 2.45) is 0 Å². The fourth-order valence-electron chi connectivity index (χ4n) is 0.768. The van der Waals surface area contributed by atoms with Crippen LogP contribution in [0.1, 0.15) is 39.5 Å². The van der Waals surface area contributed by atoms with E-state index in [1.807, 2.05) is 0 Å². The molecule has 66 valence electrons. The van der Waals surface area contributed by atoms with E-state index < -0.39 is 6.29 Å². The average Bonchev–Trinajstić information content (AvgIpc) is 1.86. The van der Waals surface area contributed by atoms with E-state index in [-0.39, 0.29) is 5.97 Å². The first-order chi connectivity index (χ1) is 5.16. The molecule has 0 aromatic carbocycles. The van der Waals surface area contributed by atoms with E-state index in [0.717, 1.165) is 19.3 Å². The number of hydrogen-bond donors (Lipinski definition) is 1. The Hall–Kier alpha value is -0.570. The first-order valence-electron chi connectivity index (χ1n) is 4.04. The van der Waals surface area contributed by atoms with E-state index in [9.17, 15) is 4.79 Å². The minimum Gasteiger partial charge on any atom is -0.436 e. The standard InChI is InChI=1S/C8H16O3/c1-3-4-5-6-8(10)11-7(2)9/h7,9H,3-6H2,1-2H3. The predicted octanol–water partition coefficient (Wildman–Crippen LogP) is 1.45. The summed E-state index contributed by atoms with van der Waals surface area (Å²) < 4.78 is 4.51. The highest BCUT2D eigenvalue weighted by Crippen LogP contribution is 2.01. The summed E-state index contributed by atoms with van der Waals surface area (Å²) in [6, 6.07) is 0. The van der Waals surface area contributed by atoms with Gasteiger partial charge in [-0.3, -0.25) is 4.79 Å². The zero-order chi connectivity index (χ0) is 8.69. The van der Waals surface area contributed by atoms with Crippen LogP contribution in [0, 0.1) is 0 Å². The van der Waals surface area contributed by atoms with Gasteiger partial charge in [0.05, 0.1) is 0 Å². The molecule has 11 heavy (non-hydrogen) atoms. The molecule has 1 unspecified atom stereocenters. The molecule has 0 amide bonds. The summed E-state index contributed by atoms with van der Waals surface area (Å²) in [5, 5.41) is 8.64. The summed E-state index contributed by atoms with van der Waals surface area (Å²) in [4.78, 5) is 10.7. The molecule has 0 saturated carbocycles. The third-order valence-electron chi connectivity index (χ3n) is 1.29. The summed E-state index contributed by atoms with van der Waals surface area (Å²) in [5.74, 6) is -0.312. The molecule has 0 aliphatic carbocycles. The number of unbranched alkanes of at least 4 members (excludes halogenated alkanes) is 2. The molecule has 3 heteroatoms. The summed E-state index contributed by atoms with van der Waals surface area (Å²) >= 11 is 0. The number of carbonyl (C=O) groups excluding carboxylic acids is 1. The second-order valence-electron chi connectivity index (χ2n) is 2.55. The Morgan fingerprint density at radius 3 is 2.64 bits per heavy atom. The van der Waals surface area contributed by atoms with Crippen molar-refractivity contribution >= 4 is 5.97 Å². The smallest absolute Gasteiger partial charge is 0.308 e. The maximum absolute atomic E-state index is 10.7. The van der Waals surface area contributed by atoms with Gasteiger partial charge in [0.25, 0.3) is 0 Å². The highest BCUT2D eigenvalue weighted by molar-refractivity contribution is 5.69. The number of aliphatic hydroxyl groups is 1. The van der Waals surface area contributed by atoms with Gasteiger partial charge < -0.3 is 9.84 Å². The van der Waals surface area contributed by atoms with E-state index in [4.69, 9.17) is 5.11 Å². The van der Waals surface area contributed by atoms with Gasteiger partial charge in [-0.25, -0.2) is 0 Å². The molecule has 0 saturated heterocycles. The van der Waals surface area contributed by atoms with Gasteiger partial charge in [0, 0.05) is 6.42 Å². The van der Waals surface area contributed by atoms with Crippen LogP contribution < -0.4 is 0 Å². The lowest BCUT2D eigenvalue weighted by Gasteiger charge is -2.05. The van der Waals surface area contributed by atoms with Crippen LogP contribution in [0.4, 0.5) is 0 Å². The number of ether oxygens (including phenoxy) is 1. The Balaban J connectivity index is 3.23. The molecule has 1 N–H and O–H groups in total. The Morgan fingerprint density at radius 2 is 2.18 bits per heavy atom. The molecule has 3 nitrogen and oxygen atoms in total. The van der Waals surface area contributed by atoms with E-state index >= 15 is 0 Å². The number of carbonyl (C=O) groups is 1. The van der Waals surface area contributed by atoms with Crippen molar-refractivity contribution in [3.8, 4) is 0 Å². The quantitative estimate of drug-likeness (QED) is 0.376. The first-order valence-corrected chi connectivity index (χ1v) is 4.04. The third-order valence-corrected chi connectivity index (χ3v) is 1.29. The van der Waals surface area contributed by atoms with Gasteiger partial charge in [-0.15, -0.1) is 0 Å². The van der Waals surface area contributed by atoms with Crippen molar-refractivity contribution < 1.29 is 14.6 Å². The molecule has 0 radical (unpaired) electrons. The maximum atomic E-state index is 10.7. The van der Waals surface area contributed by atoms with Crippen LogP contribution in [-0.2, 0) is 9.53 Å². The monoisotopic (exact) mass is 160 g/mol. The largest absolute Gasteiger partial charge is 0.436 e. The lowest BCUT2D eigenvalue weighted by atomic mass is 10.2. The van der Waals surface area contributed by atoms with E-state index in [0.29, 0.717) is 6.42 Å². The molecule has 0 bridgehead atoms. The molecule has 0 spiro atoms. The Labute approximate surface area is 67.4 Å². The summed E-state index contributed by atoms with van der Waals surface area (Å²) in [7, 11) is 0. The van der Waals surface area contributed by atoms with Crippen LogP contribution in [0.5, 0.6) is 0 Å². The molecule has 0 aromatic rings. The Bertz CT molecular complexity index is 110. The van der Waals surface area contributed by atoms with Gasteiger partial charge in [-0.05, 0) is 13.3 Å². The second-order valence-corrected chi connectivity index (χ2v) is 2.55. The summed E-state index contributed by atoms with van der Waals surface area (Å²) in [6.07, 6.45) is 2.42. The molecule has 1 atom stereocenters. The summed E-state index contributed by atoms with van der Waals surface area (Å²) in [5.41, 5.74) is 0. The fraction of sp³-hybridized carbons (Fsp3) is 0.875. The van der Waals surface area contributed by atoms with Crippen molar-refractivity contribution in [1.82, 2.24) is 0 Å². The zero-order valence-corrected chi connectivity index (χ0v) is 7.17. The van der Waals surface area contributed by atoms with Gasteiger partial charge in [-0.1, -0.05) is 19.8 Å². The van der Waals surface area contributed by atoms with Crippen molar-refractivity contribution in [3.63, 3.8) is 0 Å². The number of rotatable bonds is 5. The van der Waals surface area contributed by atoms with E-state index in [2.05, 4.69) is 11.7 Å². The van der Waals surface area contributed by atoms with Gasteiger partial charge in [0.2, 0.25) is 0 Å². The molecule has 0 heterocycles. The first kappa shape index (κ1) is 10.4. The molecule has 0 aliphatic rings. The van der Waals surface area contributed by atoms with Crippen LogP contribution in [0.2, 0.25) is 0 Å². The lowest BCUT2D eigenvalue weighted by molar-refractivity contribution is -0.164. The zero-order valence-electron chi connectivity index (χ0n) is 7.17. The third kappa shape index (κ3) is 7.33. The summed E-state index contributed by atoms with van der Waals surface area (Å²) in [6.45, 7) is 3.50. The minimum atomic E-state index is -0.968. The Kier molecular flexibility index (Phi) is 5.84. The average molecular weight is 160 g/mol. The van der Waals surface area contributed by atoms with Gasteiger partial charge in [0.15, 0.2) is 6.29 Å². The number of hydrogen-bond acceptors (Lipinski definition) is 3. The molecule has 0 fully saturated rings. The molecular weight excluding hydrogens is 144 g/mol. The normalized spacial score (nSPS) is 12.6. The Morgan fingerprint density at radius 1 is 1.55 bits per heavy atom. The van der Waals surface area contributed by atoms with Crippen LogP contribution in [-0.4, -0.2) is 17.4 Å². The molecule has 0 aliphatic heterocycles. The van der Waals surface area contributed by atoms with Crippen LogP contribution in [0.3, 0.4) is 0 Å². The van der Waals surface area contributed by atoms with Gasteiger partial charge >= 0.3 is 5.97 Å². The van der Waals surface area contributed by atoms with E-state index in [1.165, 1.54) is 6.92 Å². The second kappa shape index (κ2) is 6.16.